The van der Waals surface area contributed by atoms with E-state index in [0.717, 1.165) is 16.5 Å². The Labute approximate surface area is 149 Å². The molecule has 0 aromatic heterocycles. The highest BCUT2D eigenvalue weighted by atomic mass is 35.5. The Morgan fingerprint density at radius 1 is 1.12 bits per heavy atom. The number of non-ortho nitro benzene ring substituents is 1. The molecule has 0 aliphatic heterocycles. The first-order chi connectivity index (χ1) is 12.0. The first-order valence-corrected chi connectivity index (χ1v) is 8.14. The Morgan fingerprint density at radius 2 is 1.84 bits per heavy atom. The fourth-order valence-corrected chi connectivity index (χ4v) is 3.00. The van der Waals surface area contributed by atoms with Crippen molar-refractivity contribution in [2.24, 2.45) is 0 Å². The van der Waals surface area contributed by atoms with Gasteiger partial charge in [0.1, 0.15) is 0 Å². The minimum atomic E-state index is -0.540. The smallest absolute Gasteiger partial charge is 0.270 e. The van der Waals surface area contributed by atoms with Crippen LogP contribution < -0.4 is 4.90 Å². The SMILES string of the molecule is CCN(C(=O)c1cc([N+](=O)[O-])ccc1Cl)c1cccc2ccccc12. The van der Waals surface area contributed by atoms with E-state index in [-0.39, 0.29) is 22.2 Å². The van der Waals surface area contributed by atoms with Crippen LogP contribution in [0.15, 0.2) is 60.7 Å². The van der Waals surface area contributed by atoms with E-state index in [1.807, 2.05) is 49.4 Å². The fourth-order valence-electron chi connectivity index (χ4n) is 2.80. The number of anilines is 1. The zero-order valence-electron chi connectivity index (χ0n) is 13.5. The van der Waals surface area contributed by atoms with E-state index in [1.54, 1.807) is 4.90 Å². The first kappa shape index (κ1) is 16.9. The third-order valence-corrected chi connectivity index (χ3v) is 4.34. The Bertz CT molecular complexity index is 967. The third-order valence-electron chi connectivity index (χ3n) is 4.01. The number of benzene rings is 3. The van der Waals surface area contributed by atoms with Crippen molar-refractivity contribution in [2.45, 2.75) is 6.92 Å². The molecule has 0 unspecified atom stereocenters. The Hall–Kier alpha value is -2.92. The van der Waals surface area contributed by atoms with E-state index in [0.29, 0.717) is 6.54 Å². The van der Waals surface area contributed by atoms with Gasteiger partial charge in [0.15, 0.2) is 0 Å². The predicted octanol–water partition coefficient (Wildman–Crippen LogP) is 5.07. The molecule has 0 N–H and O–H groups in total. The van der Waals surface area contributed by atoms with Crippen molar-refractivity contribution in [2.75, 3.05) is 11.4 Å². The third kappa shape index (κ3) is 3.19. The highest BCUT2D eigenvalue weighted by Gasteiger charge is 2.22. The van der Waals surface area contributed by atoms with Crippen LogP contribution in [0.1, 0.15) is 17.3 Å². The number of nitrogens with zero attached hydrogens (tertiary/aromatic N) is 2. The average Bonchev–Trinajstić information content (AvgIpc) is 2.62. The fraction of sp³-hybridized carbons (Fsp3) is 0.105. The molecule has 25 heavy (non-hydrogen) atoms. The Kier molecular flexibility index (Phi) is 4.67. The molecule has 0 saturated heterocycles. The maximum absolute atomic E-state index is 13.0. The van der Waals surface area contributed by atoms with Gasteiger partial charge in [0.25, 0.3) is 11.6 Å². The van der Waals surface area contributed by atoms with Gasteiger partial charge in [-0.1, -0.05) is 48.0 Å². The van der Waals surface area contributed by atoms with E-state index in [1.165, 1.54) is 18.2 Å². The predicted molar refractivity (Wildman–Crippen MR) is 99.4 cm³/mol. The molecule has 0 aliphatic rings. The minimum absolute atomic E-state index is 0.116. The van der Waals surface area contributed by atoms with E-state index < -0.39 is 4.92 Å². The van der Waals surface area contributed by atoms with E-state index in [9.17, 15) is 14.9 Å². The van der Waals surface area contributed by atoms with E-state index in [2.05, 4.69) is 0 Å². The summed E-state index contributed by atoms with van der Waals surface area (Å²) in [7, 11) is 0. The molecular weight excluding hydrogens is 340 g/mol. The van der Waals surface area contributed by atoms with Gasteiger partial charge >= 0.3 is 0 Å². The average molecular weight is 355 g/mol. The summed E-state index contributed by atoms with van der Waals surface area (Å²) in [6, 6.07) is 17.3. The van der Waals surface area contributed by atoms with Gasteiger partial charge in [0, 0.05) is 24.1 Å². The number of carbonyl (C=O) groups excluding carboxylic acids is 1. The van der Waals surface area contributed by atoms with Gasteiger partial charge in [0.05, 0.1) is 21.2 Å². The van der Waals surface area contributed by atoms with Crippen LogP contribution in [0.2, 0.25) is 5.02 Å². The molecule has 0 radical (unpaired) electrons. The number of hydrogen-bond donors (Lipinski definition) is 0. The number of carbonyl (C=O) groups is 1. The lowest BCUT2D eigenvalue weighted by atomic mass is 10.1. The molecular formula is C19H15ClN2O3. The summed E-state index contributed by atoms with van der Waals surface area (Å²) in [6.45, 7) is 2.26. The van der Waals surface area contributed by atoms with Crippen LogP contribution in [0.4, 0.5) is 11.4 Å². The summed E-state index contributed by atoms with van der Waals surface area (Å²) in [5.41, 5.74) is 0.695. The lowest BCUT2D eigenvalue weighted by molar-refractivity contribution is -0.384. The van der Waals surface area contributed by atoms with Crippen LogP contribution in [-0.2, 0) is 0 Å². The number of amides is 1. The second-order valence-corrected chi connectivity index (χ2v) is 5.88. The molecule has 3 aromatic rings. The van der Waals surface area contributed by atoms with Crippen molar-refractivity contribution in [3.8, 4) is 0 Å². The molecule has 3 aromatic carbocycles. The summed E-state index contributed by atoms with van der Waals surface area (Å²) in [4.78, 5) is 25.1. The number of hydrogen-bond acceptors (Lipinski definition) is 3. The monoisotopic (exact) mass is 354 g/mol. The maximum atomic E-state index is 13.0. The second-order valence-electron chi connectivity index (χ2n) is 5.47. The topological polar surface area (TPSA) is 63.5 Å². The highest BCUT2D eigenvalue weighted by molar-refractivity contribution is 6.34. The number of fused-ring (bicyclic) bond motifs is 1. The van der Waals surface area contributed by atoms with Gasteiger partial charge in [-0.25, -0.2) is 0 Å². The summed E-state index contributed by atoms with van der Waals surface area (Å²) < 4.78 is 0. The van der Waals surface area contributed by atoms with Crippen molar-refractivity contribution in [1.29, 1.82) is 0 Å². The van der Waals surface area contributed by atoms with Crippen LogP contribution in [0, 0.1) is 10.1 Å². The molecule has 0 heterocycles. The van der Waals surface area contributed by atoms with Gasteiger partial charge < -0.3 is 4.90 Å². The molecule has 0 bridgehead atoms. The zero-order chi connectivity index (χ0) is 18.0. The van der Waals surface area contributed by atoms with E-state index in [4.69, 9.17) is 11.6 Å². The van der Waals surface area contributed by atoms with Crippen molar-refractivity contribution in [1.82, 2.24) is 0 Å². The van der Waals surface area contributed by atoms with Crippen LogP contribution in [-0.4, -0.2) is 17.4 Å². The Balaban J connectivity index is 2.11. The first-order valence-electron chi connectivity index (χ1n) is 7.76. The minimum Gasteiger partial charge on any atom is -0.308 e. The molecule has 0 spiro atoms. The van der Waals surface area contributed by atoms with Crippen LogP contribution >= 0.6 is 11.6 Å². The van der Waals surface area contributed by atoms with Crippen molar-refractivity contribution >= 4 is 39.7 Å². The summed E-state index contributed by atoms with van der Waals surface area (Å²) >= 11 is 6.13. The van der Waals surface area contributed by atoms with Gasteiger partial charge in [-0.15, -0.1) is 0 Å². The maximum Gasteiger partial charge on any atom is 0.270 e. The Morgan fingerprint density at radius 3 is 2.56 bits per heavy atom. The summed E-state index contributed by atoms with van der Waals surface area (Å²) in [6.07, 6.45) is 0. The molecule has 3 rings (SSSR count). The van der Waals surface area contributed by atoms with Crippen LogP contribution in [0.5, 0.6) is 0 Å². The lowest BCUT2D eigenvalue weighted by Gasteiger charge is -2.23. The molecule has 0 aliphatic carbocycles. The highest BCUT2D eigenvalue weighted by Crippen LogP contribution is 2.30. The molecule has 0 atom stereocenters. The number of nitro groups is 1. The van der Waals surface area contributed by atoms with Gasteiger partial charge in [-0.2, -0.15) is 0 Å². The number of rotatable bonds is 4. The number of nitro benzene ring substituents is 1. The van der Waals surface area contributed by atoms with Crippen molar-refractivity contribution in [3.63, 3.8) is 0 Å². The molecule has 5 nitrogen and oxygen atoms in total. The van der Waals surface area contributed by atoms with Gasteiger partial charge in [-0.05, 0) is 24.4 Å². The number of halogens is 1. The van der Waals surface area contributed by atoms with Crippen LogP contribution in [0.3, 0.4) is 0 Å². The molecule has 0 saturated carbocycles. The van der Waals surface area contributed by atoms with Gasteiger partial charge in [0.2, 0.25) is 0 Å². The van der Waals surface area contributed by atoms with Crippen molar-refractivity contribution < 1.29 is 9.72 Å². The molecule has 1 amide bonds. The normalized spacial score (nSPS) is 10.6. The zero-order valence-corrected chi connectivity index (χ0v) is 14.2. The van der Waals surface area contributed by atoms with Crippen molar-refractivity contribution in [3.05, 3.63) is 81.4 Å². The quantitative estimate of drug-likeness (QED) is 0.485. The van der Waals surface area contributed by atoms with E-state index >= 15 is 0 Å². The standard InChI is InChI=1S/C19H15ClN2O3/c1-2-21(18-9-5-7-13-6-3-4-8-15(13)18)19(23)16-12-14(22(24)25)10-11-17(16)20/h3-12H,2H2,1H3. The van der Waals surface area contributed by atoms with Gasteiger partial charge in [-0.3, -0.25) is 14.9 Å². The molecule has 6 heteroatoms. The lowest BCUT2D eigenvalue weighted by Crippen LogP contribution is -2.31. The summed E-state index contributed by atoms with van der Waals surface area (Å²) in [5.74, 6) is -0.368. The second kappa shape index (κ2) is 6.91. The largest absolute Gasteiger partial charge is 0.308 e. The van der Waals surface area contributed by atoms with Crippen LogP contribution in [0.25, 0.3) is 10.8 Å². The molecule has 0 fully saturated rings. The summed E-state index contributed by atoms with van der Waals surface area (Å²) in [5, 5.41) is 13.1. The molecule has 126 valence electrons.